The van der Waals surface area contributed by atoms with E-state index < -0.39 is 11.9 Å². The summed E-state index contributed by atoms with van der Waals surface area (Å²) in [7, 11) is 3.20. The molecule has 0 unspecified atom stereocenters. The van der Waals surface area contributed by atoms with Gasteiger partial charge in [0, 0.05) is 29.0 Å². The zero-order valence-electron chi connectivity index (χ0n) is 23.1. The van der Waals surface area contributed by atoms with E-state index in [1.165, 1.54) is 0 Å². The standard InChI is InChI=1S/C31H37NO6/c1-7-18(3)38-31(34)28-19(4)32-23-15-21(20-13-14-26(35-5)27(17-20)36-6)16-24(33)30(23)29(28)22-11-9-10-12-25(22)37-8-2/h9-14,17-18,21,29,32H,7-8,15-16H2,1-6H3/t18-,21-,29-/m1/s1. The number of Topliss-reactive ketones (excluding diaryl/α,β-unsaturated/α-hetero) is 1. The van der Waals surface area contributed by atoms with Gasteiger partial charge in [0.25, 0.3) is 0 Å². The van der Waals surface area contributed by atoms with Crippen LogP contribution in [-0.2, 0) is 14.3 Å². The van der Waals surface area contributed by atoms with E-state index in [4.69, 9.17) is 18.9 Å². The lowest BCUT2D eigenvalue weighted by Gasteiger charge is -2.37. The third kappa shape index (κ3) is 5.28. The Labute approximate surface area is 224 Å². The predicted octanol–water partition coefficient (Wildman–Crippen LogP) is 5.81. The summed E-state index contributed by atoms with van der Waals surface area (Å²) in [6, 6.07) is 13.4. The number of hydrogen-bond donors (Lipinski definition) is 1. The van der Waals surface area contributed by atoms with Crippen LogP contribution in [0.3, 0.4) is 0 Å². The highest BCUT2D eigenvalue weighted by atomic mass is 16.5. The molecule has 0 amide bonds. The van der Waals surface area contributed by atoms with E-state index >= 15 is 0 Å². The van der Waals surface area contributed by atoms with Gasteiger partial charge >= 0.3 is 5.97 Å². The van der Waals surface area contributed by atoms with E-state index in [0.29, 0.717) is 60.0 Å². The highest BCUT2D eigenvalue weighted by molar-refractivity contribution is 6.04. The van der Waals surface area contributed by atoms with Crippen LogP contribution in [0.2, 0.25) is 0 Å². The minimum atomic E-state index is -0.579. The molecule has 0 radical (unpaired) electrons. The van der Waals surface area contributed by atoms with Gasteiger partial charge in [0.2, 0.25) is 0 Å². The highest BCUT2D eigenvalue weighted by Crippen LogP contribution is 2.48. The van der Waals surface area contributed by atoms with E-state index in [2.05, 4.69) is 5.32 Å². The second-order valence-corrected chi connectivity index (χ2v) is 9.73. The van der Waals surface area contributed by atoms with Gasteiger partial charge in [0.1, 0.15) is 5.75 Å². The third-order valence-electron chi connectivity index (χ3n) is 7.34. The first-order valence-electron chi connectivity index (χ1n) is 13.2. The SMILES string of the molecule is CCOc1ccccc1[C@@H]1C(C(=O)O[C@H](C)CC)=C(C)NC2=C1C(=O)C[C@H](c1ccc(OC)c(OC)c1)C2. The lowest BCUT2D eigenvalue weighted by atomic mass is 9.71. The molecule has 0 bridgehead atoms. The monoisotopic (exact) mass is 519 g/mol. The van der Waals surface area contributed by atoms with Crippen molar-refractivity contribution in [1.82, 2.24) is 5.32 Å². The van der Waals surface area contributed by atoms with Gasteiger partial charge in [-0.2, -0.15) is 0 Å². The molecule has 7 nitrogen and oxygen atoms in total. The molecule has 202 valence electrons. The quantitative estimate of drug-likeness (QED) is 0.419. The van der Waals surface area contributed by atoms with Crippen LogP contribution < -0.4 is 19.5 Å². The number of rotatable bonds is 9. The van der Waals surface area contributed by atoms with Gasteiger partial charge in [-0.25, -0.2) is 4.79 Å². The Morgan fingerprint density at radius 2 is 1.76 bits per heavy atom. The van der Waals surface area contributed by atoms with Crippen LogP contribution in [0.25, 0.3) is 0 Å². The first-order valence-corrected chi connectivity index (χ1v) is 13.2. The van der Waals surface area contributed by atoms with Gasteiger partial charge in [0.15, 0.2) is 17.3 Å². The van der Waals surface area contributed by atoms with Crippen LogP contribution in [0.1, 0.15) is 69.9 Å². The van der Waals surface area contributed by atoms with Crippen molar-refractivity contribution in [3.8, 4) is 17.2 Å². The Balaban J connectivity index is 1.80. The zero-order chi connectivity index (χ0) is 27.4. The second kappa shape index (κ2) is 11.8. The van der Waals surface area contributed by atoms with E-state index in [0.717, 1.165) is 16.8 Å². The van der Waals surface area contributed by atoms with Gasteiger partial charge in [-0.1, -0.05) is 31.2 Å². The number of dihydropyridines is 1. The van der Waals surface area contributed by atoms with E-state index in [9.17, 15) is 9.59 Å². The van der Waals surface area contributed by atoms with Crippen LogP contribution in [0.4, 0.5) is 0 Å². The van der Waals surface area contributed by atoms with Crippen molar-refractivity contribution in [2.24, 2.45) is 0 Å². The number of para-hydroxylation sites is 1. The average molecular weight is 520 g/mol. The summed E-state index contributed by atoms with van der Waals surface area (Å²) in [5.74, 6) is 0.888. The molecule has 1 N–H and O–H groups in total. The molecule has 1 aliphatic heterocycles. The van der Waals surface area contributed by atoms with Crippen molar-refractivity contribution in [2.45, 2.75) is 64.9 Å². The van der Waals surface area contributed by atoms with Gasteiger partial charge in [0.05, 0.1) is 38.4 Å². The number of carbonyl (C=O) groups is 2. The molecule has 3 atom stereocenters. The molecule has 38 heavy (non-hydrogen) atoms. The van der Waals surface area contributed by atoms with Crippen molar-refractivity contribution in [1.29, 1.82) is 0 Å². The normalized spacial score (nSPS) is 19.9. The Bertz CT molecular complexity index is 1280. The first kappa shape index (κ1) is 27.3. The fourth-order valence-electron chi connectivity index (χ4n) is 5.30. The molecule has 7 heteroatoms. The van der Waals surface area contributed by atoms with Crippen LogP contribution >= 0.6 is 0 Å². The molecule has 2 aromatic carbocycles. The number of allylic oxidation sites excluding steroid dienone is 3. The Morgan fingerprint density at radius 3 is 2.45 bits per heavy atom. The second-order valence-electron chi connectivity index (χ2n) is 9.73. The molecule has 2 aromatic rings. The number of esters is 1. The molecule has 0 fully saturated rings. The largest absolute Gasteiger partial charge is 0.494 e. The van der Waals surface area contributed by atoms with E-state index in [-0.39, 0.29) is 17.8 Å². The Morgan fingerprint density at radius 1 is 1.03 bits per heavy atom. The summed E-state index contributed by atoms with van der Waals surface area (Å²) < 4.78 is 22.6. The molecule has 0 saturated heterocycles. The topological polar surface area (TPSA) is 83.1 Å². The van der Waals surface area contributed by atoms with Crippen LogP contribution in [-0.4, -0.2) is 38.7 Å². The number of carbonyl (C=O) groups excluding carboxylic acids is 2. The Hall–Kier alpha value is -3.74. The number of ether oxygens (including phenoxy) is 4. The van der Waals surface area contributed by atoms with Gasteiger partial charge in [-0.3, -0.25) is 4.79 Å². The minimum absolute atomic E-state index is 0.00354. The van der Waals surface area contributed by atoms with Crippen molar-refractivity contribution >= 4 is 11.8 Å². The van der Waals surface area contributed by atoms with Crippen molar-refractivity contribution in [3.05, 3.63) is 76.1 Å². The number of hydrogen-bond acceptors (Lipinski definition) is 7. The molecule has 0 saturated carbocycles. The maximum Gasteiger partial charge on any atom is 0.337 e. The van der Waals surface area contributed by atoms with E-state index in [1.54, 1.807) is 14.2 Å². The summed E-state index contributed by atoms with van der Waals surface area (Å²) in [5, 5.41) is 3.41. The summed E-state index contributed by atoms with van der Waals surface area (Å²) in [4.78, 5) is 27.4. The molecule has 2 aliphatic rings. The molecule has 0 aromatic heterocycles. The smallest absolute Gasteiger partial charge is 0.337 e. The van der Waals surface area contributed by atoms with Crippen molar-refractivity contribution < 1.29 is 28.5 Å². The first-order chi connectivity index (χ1) is 18.3. The third-order valence-corrected chi connectivity index (χ3v) is 7.34. The summed E-state index contributed by atoms with van der Waals surface area (Å²) in [5.41, 5.74) is 4.37. The Kier molecular flexibility index (Phi) is 8.45. The number of benzene rings is 2. The fraction of sp³-hybridized carbons (Fsp3) is 0.419. The molecule has 4 rings (SSSR count). The van der Waals surface area contributed by atoms with Crippen molar-refractivity contribution in [2.75, 3.05) is 20.8 Å². The van der Waals surface area contributed by atoms with Crippen LogP contribution in [0, 0.1) is 0 Å². The molecule has 1 aliphatic carbocycles. The number of ketones is 1. The minimum Gasteiger partial charge on any atom is -0.494 e. The maximum absolute atomic E-state index is 13.9. The molecular formula is C31H37NO6. The average Bonchev–Trinajstić information content (AvgIpc) is 2.92. The van der Waals surface area contributed by atoms with Gasteiger partial charge < -0.3 is 24.3 Å². The van der Waals surface area contributed by atoms with Crippen molar-refractivity contribution in [3.63, 3.8) is 0 Å². The lowest BCUT2D eigenvalue weighted by molar-refractivity contribution is -0.144. The molecule has 0 spiro atoms. The predicted molar refractivity (Wildman–Crippen MR) is 146 cm³/mol. The van der Waals surface area contributed by atoms with Gasteiger partial charge in [-0.05, 0) is 63.3 Å². The fourth-order valence-corrected chi connectivity index (χ4v) is 5.30. The zero-order valence-corrected chi connectivity index (χ0v) is 23.1. The van der Waals surface area contributed by atoms with Gasteiger partial charge in [-0.15, -0.1) is 0 Å². The van der Waals surface area contributed by atoms with Crippen LogP contribution in [0.15, 0.2) is 65.0 Å². The molecule has 1 heterocycles. The summed E-state index contributed by atoms with van der Waals surface area (Å²) in [6.45, 7) is 8.11. The summed E-state index contributed by atoms with van der Waals surface area (Å²) in [6.07, 6.45) is 1.40. The van der Waals surface area contributed by atoms with Crippen LogP contribution in [0.5, 0.6) is 17.2 Å². The number of methoxy groups -OCH3 is 2. The highest BCUT2D eigenvalue weighted by Gasteiger charge is 2.42. The lowest BCUT2D eigenvalue weighted by Crippen LogP contribution is -2.36. The maximum atomic E-state index is 13.9. The van der Waals surface area contributed by atoms with E-state index in [1.807, 2.05) is 70.2 Å². The number of nitrogens with one attached hydrogen (secondary N) is 1. The molecular weight excluding hydrogens is 482 g/mol. The summed E-state index contributed by atoms with van der Waals surface area (Å²) >= 11 is 0.